The highest BCUT2D eigenvalue weighted by Crippen LogP contribution is 2.07. The van der Waals surface area contributed by atoms with E-state index in [0.29, 0.717) is 16.5 Å². The number of carboxylic acid groups (broad SMARTS) is 1. The smallest absolute Gasteiger partial charge is 0.303 e. The number of thiocarbonyl (C=S) groups is 1. The summed E-state index contributed by atoms with van der Waals surface area (Å²) in [5.41, 5.74) is 0. The Labute approximate surface area is 98.8 Å². The van der Waals surface area contributed by atoms with Crippen molar-refractivity contribution in [3.8, 4) is 0 Å². The van der Waals surface area contributed by atoms with Crippen molar-refractivity contribution in [1.82, 2.24) is 5.32 Å². The quantitative estimate of drug-likeness (QED) is 0.587. The molecule has 0 aromatic carbocycles. The average molecular weight is 249 g/mol. The van der Waals surface area contributed by atoms with E-state index < -0.39 is 5.97 Å². The van der Waals surface area contributed by atoms with Crippen LogP contribution in [0.4, 0.5) is 0 Å². The van der Waals surface area contributed by atoms with Crippen LogP contribution < -0.4 is 5.32 Å². The van der Waals surface area contributed by atoms with Gasteiger partial charge in [0, 0.05) is 6.42 Å². The number of nitrogens with one attached hydrogen (secondary N) is 1. The van der Waals surface area contributed by atoms with E-state index in [-0.39, 0.29) is 5.91 Å². The second-order valence-electron chi connectivity index (χ2n) is 2.98. The summed E-state index contributed by atoms with van der Waals surface area (Å²) < 4.78 is 0.602. The molecule has 2 N–H and O–H groups in total. The third kappa shape index (κ3) is 9.68. The Hall–Kier alpha value is -0.620. The van der Waals surface area contributed by atoms with Gasteiger partial charge in [-0.05, 0) is 6.42 Å². The van der Waals surface area contributed by atoms with Gasteiger partial charge >= 0.3 is 5.97 Å². The molecule has 86 valence electrons. The molecule has 1 heterocycles. The fraction of sp³-hybridized carbons (Fsp3) is 0.667. The molecule has 0 bridgehead atoms. The molecule has 1 rings (SSSR count). The normalized spacial score (nSPS) is 14.2. The first-order valence-electron chi connectivity index (χ1n) is 4.74. The second kappa shape index (κ2) is 8.67. The summed E-state index contributed by atoms with van der Waals surface area (Å²) in [6.45, 7) is 2.06. The molecule has 1 aliphatic rings. The maximum atomic E-state index is 10.2. The first-order chi connectivity index (χ1) is 7.06. The minimum Gasteiger partial charge on any atom is -0.481 e. The molecule has 0 saturated carbocycles. The average Bonchev–Trinajstić information content (AvgIpc) is 2.51. The largest absolute Gasteiger partial charge is 0.481 e. The Kier molecular flexibility index (Phi) is 8.31. The molecule has 0 spiro atoms. The van der Waals surface area contributed by atoms with Crippen LogP contribution in [0.2, 0.25) is 0 Å². The lowest BCUT2D eigenvalue weighted by Gasteiger charge is -1.89. The third-order valence-electron chi connectivity index (χ3n) is 1.57. The highest BCUT2D eigenvalue weighted by molar-refractivity contribution is 8.24. The van der Waals surface area contributed by atoms with E-state index in [1.54, 1.807) is 0 Å². The Balaban J connectivity index is 0.000000262. The van der Waals surface area contributed by atoms with Gasteiger partial charge in [-0.2, -0.15) is 0 Å². The molecule has 1 aliphatic heterocycles. The minimum absolute atomic E-state index is 0.0231. The van der Waals surface area contributed by atoms with Crippen LogP contribution in [0.3, 0.4) is 0 Å². The van der Waals surface area contributed by atoms with Gasteiger partial charge in [-0.3, -0.25) is 9.59 Å². The second-order valence-corrected chi connectivity index (χ2v) is 4.63. The number of amides is 1. The van der Waals surface area contributed by atoms with Gasteiger partial charge in [-0.25, -0.2) is 0 Å². The Morgan fingerprint density at radius 2 is 2.27 bits per heavy atom. The number of carboxylic acids is 1. The van der Waals surface area contributed by atoms with Gasteiger partial charge in [0.05, 0.1) is 5.75 Å². The topological polar surface area (TPSA) is 66.4 Å². The molecule has 1 saturated heterocycles. The Morgan fingerprint density at radius 1 is 1.60 bits per heavy atom. The maximum Gasteiger partial charge on any atom is 0.303 e. The van der Waals surface area contributed by atoms with E-state index in [1.165, 1.54) is 11.8 Å². The third-order valence-corrected chi connectivity index (χ3v) is 2.80. The monoisotopic (exact) mass is 249 g/mol. The predicted octanol–water partition coefficient (Wildman–Crippen LogP) is 1.79. The van der Waals surface area contributed by atoms with Crippen molar-refractivity contribution >= 4 is 40.2 Å². The predicted molar refractivity (Wildman–Crippen MR) is 65.0 cm³/mol. The fourth-order valence-corrected chi connectivity index (χ4v) is 1.65. The summed E-state index contributed by atoms with van der Waals surface area (Å²) in [5.74, 6) is -0.160. The molecule has 1 fully saturated rings. The number of thioether (sulfide) groups is 1. The molecule has 4 nitrogen and oxygen atoms in total. The van der Waals surface area contributed by atoms with E-state index in [9.17, 15) is 9.59 Å². The zero-order valence-electron chi connectivity index (χ0n) is 8.62. The summed E-state index contributed by atoms with van der Waals surface area (Å²) in [6.07, 6.45) is 3.28. The lowest BCUT2D eigenvalue weighted by molar-refractivity contribution is -0.137. The van der Waals surface area contributed by atoms with E-state index in [2.05, 4.69) is 24.5 Å². The zero-order chi connectivity index (χ0) is 11.7. The van der Waals surface area contributed by atoms with E-state index in [0.717, 1.165) is 19.3 Å². The molecule has 6 heteroatoms. The van der Waals surface area contributed by atoms with Crippen molar-refractivity contribution in [1.29, 1.82) is 0 Å². The maximum absolute atomic E-state index is 10.2. The molecule has 0 unspecified atom stereocenters. The summed E-state index contributed by atoms with van der Waals surface area (Å²) in [6, 6.07) is 0. The Bertz CT molecular complexity index is 230. The van der Waals surface area contributed by atoms with Crippen LogP contribution in [-0.2, 0) is 9.59 Å². The summed E-state index contributed by atoms with van der Waals surface area (Å²) in [4.78, 5) is 20.1. The molecular formula is C9H15NO3S2. The van der Waals surface area contributed by atoms with Crippen molar-refractivity contribution in [3.05, 3.63) is 0 Å². The van der Waals surface area contributed by atoms with Gasteiger partial charge in [0.25, 0.3) is 0 Å². The lowest BCUT2D eigenvalue weighted by atomic mass is 10.2. The number of unbranched alkanes of at least 4 members (excludes halogenated alkanes) is 2. The molecule has 0 aliphatic carbocycles. The minimum atomic E-state index is -0.682. The van der Waals surface area contributed by atoms with Crippen LogP contribution in [0.5, 0.6) is 0 Å². The van der Waals surface area contributed by atoms with E-state index in [1.807, 2.05) is 0 Å². The number of hydrogen-bond acceptors (Lipinski definition) is 4. The van der Waals surface area contributed by atoms with Crippen molar-refractivity contribution in [2.45, 2.75) is 32.6 Å². The molecule has 0 aromatic heterocycles. The summed E-state index contributed by atoms with van der Waals surface area (Å²) in [5, 5.41) is 10.6. The molecule has 0 aromatic rings. The van der Waals surface area contributed by atoms with E-state index in [4.69, 9.17) is 5.11 Å². The number of carbonyl (C=O) groups excluding carboxylic acids is 1. The highest BCUT2D eigenvalue weighted by Gasteiger charge is 2.13. The molecule has 0 atom stereocenters. The van der Waals surface area contributed by atoms with Gasteiger partial charge in [-0.15, -0.1) is 0 Å². The van der Waals surface area contributed by atoms with E-state index >= 15 is 0 Å². The first kappa shape index (κ1) is 14.4. The standard InChI is InChI=1S/C6H12O2.C3H3NOS2/c1-2-3-4-5-6(7)8;5-2-1-7-3(6)4-2/h2-5H2,1H3,(H,7,8);1H2,(H,4,5,6). The van der Waals surface area contributed by atoms with Gasteiger partial charge in [-0.1, -0.05) is 43.7 Å². The summed E-state index contributed by atoms with van der Waals surface area (Å²) in [7, 11) is 0. The Morgan fingerprint density at radius 3 is 2.53 bits per heavy atom. The van der Waals surface area contributed by atoms with Crippen LogP contribution >= 0.6 is 24.0 Å². The van der Waals surface area contributed by atoms with Crippen molar-refractivity contribution in [3.63, 3.8) is 0 Å². The van der Waals surface area contributed by atoms with Crippen LogP contribution in [-0.4, -0.2) is 27.1 Å². The van der Waals surface area contributed by atoms with Gasteiger partial charge < -0.3 is 10.4 Å². The molecule has 15 heavy (non-hydrogen) atoms. The van der Waals surface area contributed by atoms with Crippen LogP contribution in [0.1, 0.15) is 32.6 Å². The first-order valence-corrected chi connectivity index (χ1v) is 6.14. The van der Waals surface area contributed by atoms with Gasteiger partial charge in [0.2, 0.25) is 5.91 Å². The highest BCUT2D eigenvalue weighted by atomic mass is 32.2. The van der Waals surface area contributed by atoms with Crippen molar-refractivity contribution in [2.75, 3.05) is 5.75 Å². The zero-order valence-corrected chi connectivity index (χ0v) is 10.2. The number of aliphatic carboxylic acids is 1. The van der Waals surface area contributed by atoms with Gasteiger partial charge in [0.1, 0.15) is 4.32 Å². The number of hydrogen-bond donors (Lipinski definition) is 2. The van der Waals surface area contributed by atoms with Crippen LogP contribution in [0.15, 0.2) is 0 Å². The fourth-order valence-electron chi connectivity index (χ4n) is 0.843. The molecule has 1 amide bonds. The molecular weight excluding hydrogens is 234 g/mol. The van der Waals surface area contributed by atoms with Crippen LogP contribution in [0, 0.1) is 0 Å². The van der Waals surface area contributed by atoms with Gasteiger partial charge in [0.15, 0.2) is 0 Å². The summed E-state index contributed by atoms with van der Waals surface area (Å²) >= 11 is 6.00. The number of rotatable bonds is 4. The molecule has 0 radical (unpaired) electrons. The van der Waals surface area contributed by atoms with Crippen molar-refractivity contribution < 1.29 is 14.7 Å². The number of carbonyl (C=O) groups is 2. The lowest BCUT2D eigenvalue weighted by Crippen LogP contribution is -2.18. The SMILES string of the molecule is CCCCCC(=O)O.O=C1CSC(=S)N1. The van der Waals surface area contributed by atoms with Crippen LogP contribution in [0.25, 0.3) is 0 Å². The van der Waals surface area contributed by atoms with Crippen molar-refractivity contribution in [2.24, 2.45) is 0 Å².